The standard InChI is InChI=1S/C16H24N2OS/c1-12-9-14(12)11-18(2)7-8-19-15-5-3-13(4-6-15)10-16(17)20/h3-6,12,14H,7-11H2,1-2H3,(H2,17,20). The van der Waals surface area contributed by atoms with E-state index in [1.165, 1.54) is 13.0 Å². The molecule has 0 radical (unpaired) electrons. The molecule has 1 aromatic carbocycles. The second-order valence-electron chi connectivity index (χ2n) is 5.87. The van der Waals surface area contributed by atoms with E-state index in [0.717, 1.165) is 36.3 Å². The minimum atomic E-state index is 0.523. The van der Waals surface area contributed by atoms with Crippen LogP contribution in [0, 0.1) is 11.8 Å². The van der Waals surface area contributed by atoms with Crippen molar-refractivity contribution < 1.29 is 4.74 Å². The van der Waals surface area contributed by atoms with Crippen LogP contribution in [-0.2, 0) is 6.42 Å². The largest absolute Gasteiger partial charge is 0.492 e. The van der Waals surface area contributed by atoms with E-state index in [2.05, 4.69) is 18.9 Å². The highest BCUT2D eigenvalue weighted by atomic mass is 32.1. The Bertz CT molecular complexity index is 446. The Balaban J connectivity index is 1.67. The third-order valence-corrected chi connectivity index (χ3v) is 4.01. The van der Waals surface area contributed by atoms with Crippen molar-refractivity contribution in [1.82, 2.24) is 4.90 Å². The Morgan fingerprint density at radius 3 is 2.60 bits per heavy atom. The van der Waals surface area contributed by atoms with Crippen LogP contribution in [0.1, 0.15) is 18.9 Å². The molecule has 110 valence electrons. The average Bonchev–Trinajstić information content (AvgIpc) is 3.06. The van der Waals surface area contributed by atoms with Crippen molar-refractivity contribution in [3.05, 3.63) is 29.8 Å². The molecule has 0 amide bonds. The van der Waals surface area contributed by atoms with Gasteiger partial charge in [-0.25, -0.2) is 0 Å². The van der Waals surface area contributed by atoms with Crippen LogP contribution in [0.5, 0.6) is 5.75 Å². The zero-order valence-corrected chi connectivity index (χ0v) is 13.2. The van der Waals surface area contributed by atoms with Gasteiger partial charge in [-0.1, -0.05) is 31.3 Å². The summed E-state index contributed by atoms with van der Waals surface area (Å²) in [5, 5.41) is 0. The van der Waals surface area contributed by atoms with E-state index in [9.17, 15) is 0 Å². The molecule has 1 fully saturated rings. The molecule has 0 saturated heterocycles. The molecule has 0 spiro atoms. The Hall–Kier alpha value is -1.13. The molecule has 0 bridgehead atoms. The quantitative estimate of drug-likeness (QED) is 0.747. The van der Waals surface area contributed by atoms with Gasteiger partial charge in [-0.3, -0.25) is 0 Å². The molecular formula is C16H24N2OS. The number of rotatable bonds is 8. The van der Waals surface area contributed by atoms with E-state index in [4.69, 9.17) is 22.7 Å². The molecule has 1 aliphatic carbocycles. The van der Waals surface area contributed by atoms with Crippen LogP contribution in [0.3, 0.4) is 0 Å². The maximum absolute atomic E-state index is 5.76. The summed E-state index contributed by atoms with van der Waals surface area (Å²) < 4.78 is 5.76. The Labute approximate surface area is 127 Å². The van der Waals surface area contributed by atoms with Gasteiger partial charge in [-0.2, -0.15) is 0 Å². The van der Waals surface area contributed by atoms with Gasteiger partial charge in [0.15, 0.2) is 0 Å². The monoisotopic (exact) mass is 292 g/mol. The van der Waals surface area contributed by atoms with E-state index in [-0.39, 0.29) is 0 Å². The predicted octanol–water partition coefficient (Wildman–Crippen LogP) is 2.48. The Morgan fingerprint density at radius 2 is 2.05 bits per heavy atom. The number of nitrogens with zero attached hydrogens (tertiary/aromatic N) is 1. The summed E-state index contributed by atoms with van der Waals surface area (Å²) in [6.07, 6.45) is 2.04. The lowest BCUT2D eigenvalue weighted by atomic mass is 10.1. The molecule has 2 atom stereocenters. The number of thiocarbonyl (C=S) groups is 1. The van der Waals surface area contributed by atoms with Gasteiger partial charge in [-0.05, 0) is 43.0 Å². The summed E-state index contributed by atoms with van der Waals surface area (Å²) in [7, 11) is 2.17. The molecule has 1 saturated carbocycles. The van der Waals surface area contributed by atoms with Crippen LogP contribution in [-0.4, -0.2) is 36.6 Å². The lowest BCUT2D eigenvalue weighted by molar-refractivity contribution is 0.230. The first-order valence-electron chi connectivity index (χ1n) is 7.23. The highest BCUT2D eigenvalue weighted by Crippen LogP contribution is 2.37. The highest BCUT2D eigenvalue weighted by Gasteiger charge is 2.32. The second-order valence-corrected chi connectivity index (χ2v) is 6.40. The number of benzene rings is 1. The molecule has 2 rings (SSSR count). The summed E-state index contributed by atoms with van der Waals surface area (Å²) in [6, 6.07) is 8.00. The SMILES string of the molecule is CC1CC1CN(C)CCOc1ccc(CC(N)=S)cc1. The molecule has 1 aromatic rings. The van der Waals surface area contributed by atoms with Gasteiger partial charge >= 0.3 is 0 Å². The summed E-state index contributed by atoms with van der Waals surface area (Å²) in [5.41, 5.74) is 6.65. The van der Waals surface area contributed by atoms with Crippen LogP contribution in [0.4, 0.5) is 0 Å². The van der Waals surface area contributed by atoms with Crippen molar-refractivity contribution in [3.63, 3.8) is 0 Å². The van der Waals surface area contributed by atoms with Gasteiger partial charge < -0.3 is 15.4 Å². The second kappa shape index (κ2) is 7.04. The number of hydrogen-bond acceptors (Lipinski definition) is 3. The molecule has 2 unspecified atom stereocenters. The molecule has 0 aliphatic heterocycles. The van der Waals surface area contributed by atoms with Gasteiger partial charge in [0.2, 0.25) is 0 Å². The van der Waals surface area contributed by atoms with E-state index in [1.54, 1.807) is 0 Å². The van der Waals surface area contributed by atoms with Crippen molar-refractivity contribution in [1.29, 1.82) is 0 Å². The van der Waals surface area contributed by atoms with Crippen molar-refractivity contribution in [2.24, 2.45) is 17.6 Å². The minimum Gasteiger partial charge on any atom is -0.492 e. The Kier molecular flexibility index (Phi) is 5.38. The molecule has 3 nitrogen and oxygen atoms in total. The molecular weight excluding hydrogens is 268 g/mol. The summed E-state index contributed by atoms with van der Waals surface area (Å²) in [4.78, 5) is 2.88. The maximum atomic E-state index is 5.76. The first kappa shape index (κ1) is 15.3. The lowest BCUT2D eigenvalue weighted by Crippen LogP contribution is -2.26. The van der Waals surface area contributed by atoms with Gasteiger partial charge in [0.1, 0.15) is 12.4 Å². The molecule has 2 N–H and O–H groups in total. The zero-order chi connectivity index (χ0) is 14.5. The van der Waals surface area contributed by atoms with Crippen LogP contribution in [0.2, 0.25) is 0 Å². The van der Waals surface area contributed by atoms with Crippen molar-refractivity contribution in [3.8, 4) is 5.75 Å². The van der Waals surface area contributed by atoms with Crippen LogP contribution in [0.15, 0.2) is 24.3 Å². The Morgan fingerprint density at radius 1 is 1.40 bits per heavy atom. The third-order valence-electron chi connectivity index (χ3n) is 3.87. The third kappa shape index (κ3) is 5.10. The van der Waals surface area contributed by atoms with E-state index >= 15 is 0 Å². The lowest BCUT2D eigenvalue weighted by Gasteiger charge is -2.16. The number of ether oxygens (including phenoxy) is 1. The van der Waals surface area contributed by atoms with Crippen molar-refractivity contribution in [2.45, 2.75) is 19.8 Å². The molecule has 1 aliphatic rings. The molecule has 0 heterocycles. The molecule has 0 aromatic heterocycles. The van der Waals surface area contributed by atoms with E-state index < -0.39 is 0 Å². The fraction of sp³-hybridized carbons (Fsp3) is 0.562. The van der Waals surface area contributed by atoms with Gasteiger partial charge in [0, 0.05) is 19.5 Å². The predicted molar refractivity (Wildman–Crippen MR) is 87.2 cm³/mol. The number of hydrogen-bond donors (Lipinski definition) is 1. The average molecular weight is 292 g/mol. The van der Waals surface area contributed by atoms with Crippen molar-refractivity contribution >= 4 is 17.2 Å². The summed E-state index contributed by atoms with van der Waals surface area (Å²) in [5.74, 6) is 2.73. The summed E-state index contributed by atoms with van der Waals surface area (Å²) >= 11 is 4.90. The topological polar surface area (TPSA) is 38.5 Å². The summed E-state index contributed by atoms with van der Waals surface area (Å²) in [6.45, 7) is 5.21. The van der Waals surface area contributed by atoms with E-state index in [0.29, 0.717) is 11.4 Å². The van der Waals surface area contributed by atoms with E-state index in [1.807, 2.05) is 24.3 Å². The smallest absolute Gasteiger partial charge is 0.119 e. The highest BCUT2D eigenvalue weighted by molar-refractivity contribution is 7.80. The van der Waals surface area contributed by atoms with Gasteiger partial charge in [-0.15, -0.1) is 0 Å². The fourth-order valence-electron chi connectivity index (χ4n) is 2.37. The first-order chi connectivity index (χ1) is 9.54. The van der Waals surface area contributed by atoms with Gasteiger partial charge in [0.25, 0.3) is 0 Å². The number of likely N-dealkylation sites (N-methyl/N-ethyl adjacent to an activating group) is 1. The van der Waals surface area contributed by atoms with Crippen LogP contribution >= 0.6 is 12.2 Å². The first-order valence-corrected chi connectivity index (χ1v) is 7.64. The van der Waals surface area contributed by atoms with Crippen LogP contribution in [0.25, 0.3) is 0 Å². The van der Waals surface area contributed by atoms with Crippen molar-refractivity contribution in [2.75, 3.05) is 26.7 Å². The number of nitrogens with two attached hydrogens (primary N) is 1. The fourth-order valence-corrected chi connectivity index (χ4v) is 2.54. The van der Waals surface area contributed by atoms with Crippen LogP contribution < -0.4 is 10.5 Å². The van der Waals surface area contributed by atoms with Gasteiger partial charge in [0.05, 0.1) is 4.99 Å². The molecule has 20 heavy (non-hydrogen) atoms. The minimum absolute atomic E-state index is 0.523. The molecule has 4 heteroatoms. The zero-order valence-electron chi connectivity index (χ0n) is 12.3. The maximum Gasteiger partial charge on any atom is 0.119 e. The normalized spacial score (nSPS) is 20.9.